The molecule has 2 fully saturated rings. The van der Waals surface area contributed by atoms with Crippen LogP contribution in [-0.4, -0.2) is 29.8 Å². The summed E-state index contributed by atoms with van der Waals surface area (Å²) in [5.74, 6) is -0.145. The number of ether oxygens (including phenoxy) is 1. The Bertz CT molecular complexity index is 470. The van der Waals surface area contributed by atoms with Crippen LogP contribution in [-0.2, 0) is 11.3 Å². The molecule has 1 heterocycles. The van der Waals surface area contributed by atoms with Crippen molar-refractivity contribution in [1.82, 2.24) is 5.32 Å². The maximum absolute atomic E-state index is 11.1. The minimum atomic E-state index is -0.862. The molecule has 1 aromatic rings. The summed E-state index contributed by atoms with van der Waals surface area (Å²) in [5.41, 5.74) is 1.23. The number of hydrogen-bond donors (Lipinski definition) is 2. The van der Waals surface area contributed by atoms with Gasteiger partial charge in [-0.25, -0.2) is 4.79 Å². The first-order valence-electron chi connectivity index (χ1n) is 6.92. The largest absolute Gasteiger partial charge is 0.478 e. The Kier molecular flexibility index (Phi) is 3.53. The van der Waals surface area contributed by atoms with Crippen molar-refractivity contribution in [3.05, 3.63) is 35.4 Å². The van der Waals surface area contributed by atoms with Gasteiger partial charge in [0.25, 0.3) is 0 Å². The van der Waals surface area contributed by atoms with E-state index < -0.39 is 5.97 Å². The van der Waals surface area contributed by atoms with Gasteiger partial charge in [-0.15, -0.1) is 0 Å². The third kappa shape index (κ3) is 2.80. The van der Waals surface area contributed by atoms with E-state index in [9.17, 15) is 4.79 Å². The van der Waals surface area contributed by atoms with Crippen LogP contribution < -0.4 is 5.32 Å². The zero-order valence-electron chi connectivity index (χ0n) is 10.8. The number of rotatable bonds is 5. The molecule has 1 aromatic carbocycles. The number of nitrogens with one attached hydrogen (secondary N) is 1. The molecule has 19 heavy (non-hydrogen) atoms. The number of carbonyl (C=O) groups is 1. The standard InChI is InChI=1S/C15H19NO3/c17-15(18)12-4-2-1-3-11(12)9-16-13-7-8-19-14(13)10-5-6-10/h1-4,10,13-14,16H,5-9H2,(H,17,18). The summed E-state index contributed by atoms with van der Waals surface area (Å²) in [4.78, 5) is 11.1. The highest BCUT2D eigenvalue weighted by molar-refractivity contribution is 5.89. The molecule has 1 saturated carbocycles. The van der Waals surface area contributed by atoms with E-state index in [1.165, 1.54) is 12.8 Å². The van der Waals surface area contributed by atoms with Crippen molar-refractivity contribution in [3.63, 3.8) is 0 Å². The number of hydrogen-bond acceptors (Lipinski definition) is 3. The van der Waals surface area contributed by atoms with E-state index in [2.05, 4.69) is 5.32 Å². The van der Waals surface area contributed by atoms with Crippen LogP contribution in [0.5, 0.6) is 0 Å². The van der Waals surface area contributed by atoms with Crippen molar-refractivity contribution in [2.24, 2.45) is 5.92 Å². The van der Waals surface area contributed by atoms with Crippen LogP contribution >= 0.6 is 0 Å². The molecular weight excluding hydrogens is 242 g/mol. The number of benzene rings is 1. The second-order valence-electron chi connectivity index (χ2n) is 5.41. The lowest BCUT2D eigenvalue weighted by molar-refractivity contribution is 0.0695. The van der Waals surface area contributed by atoms with Gasteiger partial charge in [-0.05, 0) is 36.8 Å². The second kappa shape index (κ2) is 5.31. The lowest BCUT2D eigenvalue weighted by Crippen LogP contribution is -2.37. The van der Waals surface area contributed by atoms with Gasteiger partial charge in [0.2, 0.25) is 0 Å². The van der Waals surface area contributed by atoms with Crippen molar-refractivity contribution >= 4 is 5.97 Å². The summed E-state index contributed by atoms with van der Waals surface area (Å²) in [7, 11) is 0. The smallest absolute Gasteiger partial charge is 0.336 e. The quantitative estimate of drug-likeness (QED) is 0.851. The molecule has 2 unspecified atom stereocenters. The lowest BCUT2D eigenvalue weighted by atomic mass is 10.0. The van der Waals surface area contributed by atoms with Crippen LogP contribution in [0, 0.1) is 5.92 Å². The topological polar surface area (TPSA) is 58.6 Å². The summed E-state index contributed by atoms with van der Waals surface area (Å²) in [6.07, 6.45) is 3.90. The highest BCUT2D eigenvalue weighted by Crippen LogP contribution is 2.38. The molecule has 4 heteroatoms. The normalized spacial score (nSPS) is 26.5. The zero-order valence-corrected chi connectivity index (χ0v) is 10.8. The number of aromatic carboxylic acids is 1. The van der Waals surface area contributed by atoms with Gasteiger partial charge in [-0.3, -0.25) is 0 Å². The Hall–Kier alpha value is -1.39. The van der Waals surface area contributed by atoms with E-state index >= 15 is 0 Å². The molecule has 1 saturated heterocycles. The van der Waals surface area contributed by atoms with Gasteiger partial charge in [0.1, 0.15) is 0 Å². The Balaban J connectivity index is 1.64. The maximum Gasteiger partial charge on any atom is 0.336 e. The average molecular weight is 261 g/mol. The fourth-order valence-electron chi connectivity index (χ4n) is 2.84. The van der Waals surface area contributed by atoms with Gasteiger partial charge in [0, 0.05) is 19.2 Å². The van der Waals surface area contributed by atoms with Crippen molar-refractivity contribution in [2.45, 2.75) is 38.0 Å². The first kappa shape index (κ1) is 12.6. The lowest BCUT2D eigenvalue weighted by Gasteiger charge is -2.20. The SMILES string of the molecule is O=C(O)c1ccccc1CNC1CCOC1C1CC1. The Labute approximate surface area is 112 Å². The molecule has 0 spiro atoms. The molecule has 2 N–H and O–H groups in total. The molecule has 2 aliphatic rings. The monoisotopic (exact) mass is 261 g/mol. The van der Waals surface area contributed by atoms with E-state index in [0.29, 0.717) is 24.3 Å². The highest BCUT2D eigenvalue weighted by Gasteiger charge is 2.40. The van der Waals surface area contributed by atoms with E-state index in [1.807, 2.05) is 12.1 Å². The fraction of sp³-hybridized carbons (Fsp3) is 0.533. The summed E-state index contributed by atoms with van der Waals surface area (Å²) >= 11 is 0. The van der Waals surface area contributed by atoms with Crippen molar-refractivity contribution < 1.29 is 14.6 Å². The third-order valence-electron chi connectivity index (χ3n) is 4.02. The van der Waals surface area contributed by atoms with Gasteiger partial charge in [0.15, 0.2) is 0 Å². The molecule has 1 aliphatic heterocycles. The van der Waals surface area contributed by atoms with Crippen molar-refractivity contribution in [3.8, 4) is 0 Å². The van der Waals surface area contributed by atoms with Gasteiger partial charge >= 0.3 is 5.97 Å². The highest BCUT2D eigenvalue weighted by atomic mass is 16.5. The maximum atomic E-state index is 11.1. The van der Waals surface area contributed by atoms with E-state index in [0.717, 1.165) is 24.5 Å². The van der Waals surface area contributed by atoms with Gasteiger partial charge in [-0.1, -0.05) is 18.2 Å². The molecule has 1 aliphatic carbocycles. The van der Waals surface area contributed by atoms with Gasteiger partial charge in [-0.2, -0.15) is 0 Å². The predicted octanol–water partition coefficient (Wildman–Crippen LogP) is 2.04. The fourth-order valence-corrected chi connectivity index (χ4v) is 2.84. The van der Waals surface area contributed by atoms with Crippen LogP contribution in [0.2, 0.25) is 0 Å². The van der Waals surface area contributed by atoms with E-state index in [4.69, 9.17) is 9.84 Å². The first-order chi connectivity index (χ1) is 9.25. The van der Waals surface area contributed by atoms with Crippen LogP contribution in [0.4, 0.5) is 0 Å². The van der Waals surface area contributed by atoms with Crippen molar-refractivity contribution in [2.75, 3.05) is 6.61 Å². The van der Waals surface area contributed by atoms with Crippen LogP contribution in [0.25, 0.3) is 0 Å². The van der Waals surface area contributed by atoms with Crippen molar-refractivity contribution in [1.29, 1.82) is 0 Å². The summed E-state index contributed by atoms with van der Waals surface area (Å²) < 4.78 is 5.78. The third-order valence-corrected chi connectivity index (χ3v) is 4.02. The van der Waals surface area contributed by atoms with Gasteiger partial charge < -0.3 is 15.2 Å². The second-order valence-corrected chi connectivity index (χ2v) is 5.41. The average Bonchev–Trinajstić information content (AvgIpc) is 3.15. The molecule has 0 amide bonds. The van der Waals surface area contributed by atoms with E-state index in [1.54, 1.807) is 12.1 Å². The minimum absolute atomic E-state index is 0.331. The van der Waals surface area contributed by atoms with Gasteiger partial charge in [0.05, 0.1) is 11.7 Å². The Morgan fingerprint density at radius 3 is 2.84 bits per heavy atom. The summed E-state index contributed by atoms with van der Waals surface area (Å²) in [5, 5.41) is 12.6. The molecule has 0 bridgehead atoms. The number of carboxylic acids is 1. The molecular formula is C15H19NO3. The van der Waals surface area contributed by atoms with Crippen LogP contribution in [0.3, 0.4) is 0 Å². The predicted molar refractivity (Wildman–Crippen MR) is 71.1 cm³/mol. The molecule has 0 radical (unpaired) electrons. The Morgan fingerprint density at radius 2 is 2.11 bits per heavy atom. The molecule has 3 rings (SSSR count). The minimum Gasteiger partial charge on any atom is -0.478 e. The molecule has 102 valence electrons. The van der Waals surface area contributed by atoms with Crippen LogP contribution in [0.1, 0.15) is 35.2 Å². The summed E-state index contributed by atoms with van der Waals surface area (Å²) in [6.45, 7) is 1.42. The molecule has 4 nitrogen and oxygen atoms in total. The van der Waals surface area contributed by atoms with Crippen LogP contribution in [0.15, 0.2) is 24.3 Å². The Morgan fingerprint density at radius 1 is 1.32 bits per heavy atom. The molecule has 2 atom stereocenters. The summed E-state index contributed by atoms with van der Waals surface area (Å²) in [6, 6.07) is 7.54. The van der Waals surface area contributed by atoms with E-state index in [-0.39, 0.29) is 0 Å². The molecule has 0 aromatic heterocycles. The number of carboxylic acid groups (broad SMARTS) is 1. The zero-order chi connectivity index (χ0) is 13.2. The first-order valence-corrected chi connectivity index (χ1v) is 6.92.